The fourth-order valence-electron chi connectivity index (χ4n) is 9.75. The highest BCUT2D eigenvalue weighted by molar-refractivity contribution is 6.26. The van der Waals surface area contributed by atoms with Gasteiger partial charge in [0.05, 0.1) is 16.6 Å². The van der Waals surface area contributed by atoms with Gasteiger partial charge in [0.15, 0.2) is 0 Å². The lowest BCUT2D eigenvalue weighted by atomic mass is 9.92. The monoisotopic (exact) mass is 724 g/mol. The van der Waals surface area contributed by atoms with Crippen molar-refractivity contribution in [3.63, 3.8) is 0 Å². The van der Waals surface area contributed by atoms with E-state index in [1.807, 2.05) is 12.1 Å². The van der Waals surface area contributed by atoms with Crippen molar-refractivity contribution < 1.29 is 4.42 Å². The Bertz CT molecular complexity index is 3720. The van der Waals surface area contributed by atoms with Gasteiger partial charge in [0, 0.05) is 55.4 Å². The Hall–Kier alpha value is -7.62. The highest BCUT2D eigenvalue weighted by atomic mass is 16.3. The predicted octanol–water partition coefficient (Wildman–Crippen LogP) is 15.3. The zero-order valence-corrected chi connectivity index (χ0v) is 30.8. The minimum atomic E-state index is 0.873. The highest BCUT2D eigenvalue weighted by Gasteiger charge is 2.21. The molecule has 0 saturated carbocycles. The molecule has 0 aliphatic carbocycles. The number of fused-ring (bicyclic) bond motifs is 15. The van der Waals surface area contributed by atoms with Crippen LogP contribution in [0.2, 0.25) is 0 Å². The third kappa shape index (κ3) is 4.31. The van der Waals surface area contributed by atoms with Crippen molar-refractivity contribution in [3.8, 4) is 11.1 Å². The third-order valence-corrected chi connectivity index (χ3v) is 12.3. The van der Waals surface area contributed by atoms with Crippen LogP contribution in [0.15, 0.2) is 199 Å². The average Bonchev–Trinajstić information content (AvgIpc) is 3.93. The van der Waals surface area contributed by atoms with Gasteiger partial charge in [-0.1, -0.05) is 133 Å². The lowest BCUT2D eigenvalue weighted by Crippen LogP contribution is -2.09. The maximum absolute atomic E-state index is 6.45. The van der Waals surface area contributed by atoms with Crippen molar-refractivity contribution in [2.75, 3.05) is 4.90 Å². The number of benzene rings is 10. The van der Waals surface area contributed by atoms with E-state index in [0.717, 1.165) is 39.0 Å². The molecule has 0 radical (unpaired) electrons. The zero-order valence-electron chi connectivity index (χ0n) is 30.8. The van der Waals surface area contributed by atoms with Crippen LogP contribution in [0.4, 0.5) is 17.1 Å². The van der Waals surface area contributed by atoms with E-state index in [1.165, 1.54) is 81.5 Å². The van der Waals surface area contributed by atoms with Gasteiger partial charge >= 0.3 is 0 Å². The molecule has 10 aromatic carbocycles. The molecule has 0 saturated heterocycles. The van der Waals surface area contributed by atoms with Gasteiger partial charge in [-0.05, 0) is 98.0 Å². The van der Waals surface area contributed by atoms with Crippen molar-refractivity contribution in [1.29, 1.82) is 0 Å². The van der Waals surface area contributed by atoms with E-state index < -0.39 is 0 Å². The standard InChI is InChI=1S/C54H32N2O/c1-2-12-40-38(10-1)39-11-3-4-13-41(39)49-30-34(22-27-42(40)49)33-20-23-35(24-21-33)55(37-26-29-46-45-15-6-8-19-52(45)57-53(46)32-37)36-25-28-44-48-17-9-16-47-43-14-5-7-18-50(43)56(54(47)48)51(44)31-36/h1-32H. The summed E-state index contributed by atoms with van der Waals surface area (Å²) in [5.74, 6) is 0. The van der Waals surface area contributed by atoms with Crippen LogP contribution in [0.5, 0.6) is 0 Å². The quantitative estimate of drug-likeness (QED) is 0.169. The second-order valence-corrected chi connectivity index (χ2v) is 15.3. The predicted molar refractivity (Wildman–Crippen MR) is 241 cm³/mol. The molecule has 0 bridgehead atoms. The van der Waals surface area contributed by atoms with Gasteiger partial charge in [0.1, 0.15) is 11.2 Å². The van der Waals surface area contributed by atoms with Crippen molar-refractivity contribution in [2.24, 2.45) is 0 Å². The molecule has 264 valence electrons. The first-order valence-electron chi connectivity index (χ1n) is 19.6. The van der Waals surface area contributed by atoms with Gasteiger partial charge in [-0.15, -0.1) is 0 Å². The van der Waals surface area contributed by atoms with E-state index in [-0.39, 0.29) is 0 Å². The number of aromatic nitrogens is 1. The highest BCUT2D eigenvalue weighted by Crippen LogP contribution is 2.44. The van der Waals surface area contributed by atoms with E-state index >= 15 is 0 Å². The minimum absolute atomic E-state index is 0.873. The Morgan fingerprint density at radius 1 is 0.298 bits per heavy atom. The molecule has 3 heteroatoms. The Morgan fingerprint density at radius 2 is 0.789 bits per heavy atom. The fraction of sp³-hybridized carbons (Fsp3) is 0. The molecule has 57 heavy (non-hydrogen) atoms. The molecule has 0 amide bonds. The molecule has 13 rings (SSSR count). The molecule has 3 heterocycles. The van der Waals surface area contributed by atoms with Crippen LogP contribution in [0, 0.1) is 0 Å². The Labute approximate surface area is 327 Å². The molecular formula is C54H32N2O. The van der Waals surface area contributed by atoms with Crippen LogP contribution in [0.3, 0.4) is 0 Å². The average molecular weight is 725 g/mol. The molecule has 0 N–H and O–H groups in total. The van der Waals surface area contributed by atoms with E-state index in [0.29, 0.717) is 0 Å². The van der Waals surface area contributed by atoms with Gasteiger partial charge < -0.3 is 13.7 Å². The Balaban J connectivity index is 1.00. The number of rotatable bonds is 4. The SMILES string of the molecule is c1ccc2c(c1)oc1cc(N(c3ccc(-c4ccc5c6ccccc6c6ccccc6c5c4)cc3)c3ccc4c5cccc6c7ccccc7n(c4c3)c65)ccc12. The molecular weight excluding hydrogens is 693 g/mol. The molecule has 3 aromatic heterocycles. The second kappa shape index (κ2) is 11.5. The van der Waals surface area contributed by atoms with Crippen LogP contribution in [0.25, 0.3) is 103 Å². The van der Waals surface area contributed by atoms with E-state index in [9.17, 15) is 0 Å². The molecule has 0 unspecified atom stereocenters. The zero-order chi connectivity index (χ0) is 37.2. The van der Waals surface area contributed by atoms with Gasteiger partial charge in [-0.2, -0.15) is 0 Å². The maximum atomic E-state index is 6.45. The molecule has 13 aromatic rings. The summed E-state index contributed by atoms with van der Waals surface area (Å²) in [7, 11) is 0. The largest absolute Gasteiger partial charge is 0.456 e. The fourth-order valence-corrected chi connectivity index (χ4v) is 9.75. The molecule has 0 spiro atoms. The third-order valence-electron chi connectivity index (χ3n) is 12.3. The number of hydrogen-bond donors (Lipinski definition) is 0. The summed E-state index contributed by atoms with van der Waals surface area (Å²) in [6, 6.07) is 70.8. The van der Waals surface area contributed by atoms with Gasteiger partial charge in [-0.3, -0.25) is 0 Å². The van der Waals surface area contributed by atoms with Gasteiger partial charge in [0.25, 0.3) is 0 Å². The van der Waals surface area contributed by atoms with E-state index in [2.05, 4.69) is 191 Å². The summed E-state index contributed by atoms with van der Waals surface area (Å²) in [5.41, 5.74) is 11.0. The lowest BCUT2D eigenvalue weighted by molar-refractivity contribution is 0.669. The molecule has 0 atom stereocenters. The summed E-state index contributed by atoms with van der Waals surface area (Å²) in [6.45, 7) is 0. The summed E-state index contributed by atoms with van der Waals surface area (Å²) < 4.78 is 8.90. The lowest BCUT2D eigenvalue weighted by Gasteiger charge is -2.26. The number of para-hydroxylation sites is 3. The van der Waals surface area contributed by atoms with Crippen LogP contribution in [-0.2, 0) is 0 Å². The number of nitrogens with zero attached hydrogens (tertiary/aromatic N) is 2. The van der Waals surface area contributed by atoms with E-state index in [4.69, 9.17) is 4.42 Å². The first kappa shape index (κ1) is 30.7. The van der Waals surface area contributed by atoms with Gasteiger partial charge in [0.2, 0.25) is 0 Å². The van der Waals surface area contributed by atoms with Crippen LogP contribution in [-0.4, -0.2) is 4.40 Å². The van der Waals surface area contributed by atoms with E-state index in [1.54, 1.807) is 0 Å². The molecule has 3 nitrogen and oxygen atoms in total. The van der Waals surface area contributed by atoms with Crippen molar-refractivity contribution in [2.45, 2.75) is 0 Å². The van der Waals surface area contributed by atoms with Crippen LogP contribution >= 0.6 is 0 Å². The van der Waals surface area contributed by atoms with Crippen molar-refractivity contribution in [1.82, 2.24) is 4.40 Å². The van der Waals surface area contributed by atoms with Crippen LogP contribution in [0.1, 0.15) is 0 Å². The van der Waals surface area contributed by atoms with Crippen molar-refractivity contribution in [3.05, 3.63) is 194 Å². The summed E-state index contributed by atoms with van der Waals surface area (Å²) in [4.78, 5) is 2.36. The number of furan rings is 1. The first-order valence-corrected chi connectivity index (χ1v) is 19.6. The number of anilines is 3. The second-order valence-electron chi connectivity index (χ2n) is 15.3. The Morgan fingerprint density at radius 3 is 1.53 bits per heavy atom. The first-order chi connectivity index (χ1) is 28.3. The summed E-state index contributed by atoms with van der Waals surface area (Å²) in [6.07, 6.45) is 0. The Kier molecular flexibility index (Phi) is 6.16. The normalized spacial score (nSPS) is 12.2. The smallest absolute Gasteiger partial charge is 0.137 e. The summed E-state index contributed by atoms with van der Waals surface area (Å²) >= 11 is 0. The van der Waals surface area contributed by atoms with Gasteiger partial charge in [-0.25, -0.2) is 0 Å². The van der Waals surface area contributed by atoms with Crippen LogP contribution < -0.4 is 4.90 Å². The topological polar surface area (TPSA) is 20.8 Å². The molecule has 0 aliphatic rings. The van der Waals surface area contributed by atoms with Crippen molar-refractivity contribution >= 4 is 109 Å². The minimum Gasteiger partial charge on any atom is -0.456 e. The number of hydrogen-bond acceptors (Lipinski definition) is 2. The maximum Gasteiger partial charge on any atom is 0.137 e. The summed E-state index contributed by atoms with van der Waals surface area (Å²) in [5, 5.41) is 15.1. The molecule has 0 aliphatic heterocycles. The molecule has 0 fully saturated rings.